The first-order valence-corrected chi connectivity index (χ1v) is 9.32. The average molecular weight is 383 g/mol. The van der Waals surface area contributed by atoms with Crippen molar-refractivity contribution in [2.75, 3.05) is 26.2 Å². The van der Waals surface area contributed by atoms with Gasteiger partial charge >= 0.3 is 0 Å². The number of H-pyrrole nitrogens is 1. The molecule has 0 saturated carbocycles. The van der Waals surface area contributed by atoms with Gasteiger partial charge in [0, 0.05) is 44.1 Å². The van der Waals surface area contributed by atoms with Crippen LogP contribution in [0.3, 0.4) is 0 Å². The summed E-state index contributed by atoms with van der Waals surface area (Å²) in [7, 11) is 0. The van der Waals surface area contributed by atoms with Crippen LogP contribution in [0.4, 0.5) is 0 Å². The van der Waals surface area contributed by atoms with Crippen molar-refractivity contribution >= 4 is 18.1 Å². The fraction of sp³-hybridized carbons (Fsp3) is 0.316. The number of carbonyl (C=O) groups excluding carboxylic acids is 1. The Bertz CT molecular complexity index is 983. The van der Waals surface area contributed by atoms with E-state index in [1.165, 1.54) is 0 Å². The predicted octanol–water partition coefficient (Wildman–Crippen LogP) is 2.79. The topological polar surface area (TPSA) is 70.3 Å². The fourth-order valence-electron chi connectivity index (χ4n) is 3.34. The van der Waals surface area contributed by atoms with E-state index < -0.39 is 0 Å². The molecule has 0 spiro atoms. The van der Waals surface area contributed by atoms with E-state index in [-0.39, 0.29) is 5.91 Å². The Morgan fingerprint density at radius 3 is 2.63 bits per heavy atom. The van der Waals surface area contributed by atoms with Crippen molar-refractivity contribution in [3.63, 3.8) is 0 Å². The summed E-state index contributed by atoms with van der Waals surface area (Å²) in [6, 6.07) is 11.6. The van der Waals surface area contributed by atoms with Crippen molar-refractivity contribution < 1.29 is 9.32 Å². The van der Waals surface area contributed by atoms with Gasteiger partial charge in [-0.2, -0.15) is 0 Å². The number of benzene rings is 1. The number of imidazole rings is 1. The molecule has 1 N–H and O–H groups in total. The third-order valence-corrected chi connectivity index (χ3v) is 5.03. The molecule has 1 fully saturated rings. The van der Waals surface area contributed by atoms with Gasteiger partial charge in [-0.15, -0.1) is 0 Å². The minimum Gasteiger partial charge on any atom is -0.360 e. The first kappa shape index (κ1) is 17.7. The van der Waals surface area contributed by atoms with Gasteiger partial charge in [0.1, 0.15) is 5.69 Å². The van der Waals surface area contributed by atoms with Gasteiger partial charge in [0.2, 0.25) is 0 Å². The summed E-state index contributed by atoms with van der Waals surface area (Å²) in [5.41, 5.74) is 2.33. The molecular formula is C19H21N5O2S. The van der Waals surface area contributed by atoms with Gasteiger partial charge in [0.05, 0.1) is 12.2 Å². The molecule has 0 radical (unpaired) electrons. The molecule has 0 aliphatic carbocycles. The van der Waals surface area contributed by atoms with Crippen LogP contribution in [-0.2, 0) is 6.54 Å². The van der Waals surface area contributed by atoms with E-state index >= 15 is 0 Å². The van der Waals surface area contributed by atoms with Gasteiger partial charge in [-0.25, -0.2) is 0 Å². The monoisotopic (exact) mass is 383 g/mol. The molecule has 1 aliphatic rings. The van der Waals surface area contributed by atoms with Crippen molar-refractivity contribution in [1.29, 1.82) is 0 Å². The number of amides is 1. The average Bonchev–Trinajstić information content (AvgIpc) is 3.28. The molecule has 0 unspecified atom stereocenters. The largest absolute Gasteiger partial charge is 0.360 e. The molecule has 1 aliphatic heterocycles. The maximum Gasteiger partial charge on any atom is 0.272 e. The number of aryl methyl sites for hydroxylation is 1. The van der Waals surface area contributed by atoms with Crippen LogP contribution in [0.15, 0.2) is 47.1 Å². The van der Waals surface area contributed by atoms with Crippen molar-refractivity contribution in [2.24, 2.45) is 0 Å². The van der Waals surface area contributed by atoms with E-state index in [1.807, 2.05) is 48.2 Å². The molecule has 3 heterocycles. The molecule has 1 aromatic carbocycles. The molecule has 7 nitrogen and oxygen atoms in total. The lowest BCUT2D eigenvalue weighted by Gasteiger charge is -2.34. The summed E-state index contributed by atoms with van der Waals surface area (Å²) >= 11 is 5.38. The highest BCUT2D eigenvalue weighted by Gasteiger charge is 2.25. The zero-order valence-corrected chi connectivity index (χ0v) is 15.9. The molecule has 8 heteroatoms. The number of aromatic amines is 1. The molecule has 0 atom stereocenters. The van der Waals surface area contributed by atoms with Crippen LogP contribution in [0.25, 0.3) is 5.69 Å². The zero-order chi connectivity index (χ0) is 18.8. The molecule has 1 amide bonds. The number of rotatable bonds is 4. The highest BCUT2D eigenvalue weighted by Crippen LogP contribution is 2.16. The lowest BCUT2D eigenvalue weighted by molar-refractivity contribution is 0.0609. The minimum absolute atomic E-state index is 0.0126. The number of piperazine rings is 1. The second-order valence-electron chi connectivity index (χ2n) is 6.65. The lowest BCUT2D eigenvalue weighted by atomic mass is 10.2. The van der Waals surface area contributed by atoms with Crippen LogP contribution < -0.4 is 0 Å². The van der Waals surface area contributed by atoms with Gasteiger partial charge < -0.3 is 14.4 Å². The van der Waals surface area contributed by atoms with Crippen LogP contribution in [0.2, 0.25) is 0 Å². The molecule has 27 heavy (non-hydrogen) atoms. The molecule has 1 saturated heterocycles. The van der Waals surface area contributed by atoms with Crippen LogP contribution in [-0.4, -0.2) is 56.6 Å². The molecule has 4 rings (SSSR count). The first-order chi connectivity index (χ1) is 13.1. The summed E-state index contributed by atoms with van der Waals surface area (Å²) in [5.74, 6) is 0.844. The summed E-state index contributed by atoms with van der Waals surface area (Å²) in [4.78, 5) is 20.2. The van der Waals surface area contributed by atoms with Crippen molar-refractivity contribution in [2.45, 2.75) is 13.5 Å². The minimum atomic E-state index is -0.0126. The highest BCUT2D eigenvalue weighted by atomic mass is 32.1. The van der Waals surface area contributed by atoms with Crippen molar-refractivity contribution in [1.82, 2.24) is 24.5 Å². The number of hydrogen-bond donors (Lipinski definition) is 1. The molecular weight excluding hydrogens is 362 g/mol. The van der Waals surface area contributed by atoms with E-state index in [4.69, 9.17) is 16.7 Å². The number of para-hydroxylation sites is 1. The first-order valence-electron chi connectivity index (χ1n) is 8.91. The maximum atomic E-state index is 13.1. The highest BCUT2D eigenvalue weighted by molar-refractivity contribution is 7.71. The van der Waals surface area contributed by atoms with Gasteiger partial charge in [-0.1, -0.05) is 23.4 Å². The number of nitrogens with zero attached hydrogens (tertiary/aromatic N) is 4. The Hall–Kier alpha value is -2.71. The van der Waals surface area contributed by atoms with E-state index in [2.05, 4.69) is 15.0 Å². The number of aromatic nitrogens is 3. The Balaban J connectivity index is 1.45. The molecule has 0 bridgehead atoms. The van der Waals surface area contributed by atoms with Crippen LogP contribution in [0.5, 0.6) is 0 Å². The molecule has 140 valence electrons. The number of carbonyl (C=O) groups is 1. The smallest absolute Gasteiger partial charge is 0.272 e. The predicted molar refractivity (Wildman–Crippen MR) is 103 cm³/mol. The molecule has 3 aromatic rings. The summed E-state index contributed by atoms with van der Waals surface area (Å²) < 4.78 is 7.60. The Morgan fingerprint density at radius 2 is 1.96 bits per heavy atom. The maximum absolute atomic E-state index is 13.1. The standard InChI is InChI=1S/C19H21N5O2S/c1-14-11-16(26-21-14)13-22-7-9-23(10-8-22)18(25)17-12-20-19(27)24(17)15-5-3-2-4-6-15/h2-6,11-12H,7-10,13H2,1H3,(H,20,27). The Labute approximate surface area is 162 Å². The Kier molecular flexibility index (Phi) is 4.91. The number of nitrogens with one attached hydrogen (secondary N) is 1. The second kappa shape index (κ2) is 7.50. The van der Waals surface area contributed by atoms with Gasteiger partial charge in [0.25, 0.3) is 5.91 Å². The SMILES string of the molecule is Cc1cc(CN2CCN(C(=O)c3c[nH]c(=S)n3-c3ccccc3)CC2)on1. The van der Waals surface area contributed by atoms with Gasteiger partial charge in [0.15, 0.2) is 10.5 Å². The zero-order valence-electron chi connectivity index (χ0n) is 15.1. The Morgan fingerprint density at radius 1 is 1.22 bits per heavy atom. The van der Waals surface area contributed by atoms with E-state index in [1.54, 1.807) is 10.8 Å². The lowest BCUT2D eigenvalue weighted by Crippen LogP contribution is -2.48. The van der Waals surface area contributed by atoms with Gasteiger partial charge in [-0.3, -0.25) is 14.3 Å². The van der Waals surface area contributed by atoms with Crippen LogP contribution >= 0.6 is 12.2 Å². The third kappa shape index (κ3) is 3.72. The summed E-state index contributed by atoms with van der Waals surface area (Å²) in [6.07, 6.45) is 1.70. The van der Waals surface area contributed by atoms with Gasteiger partial charge in [-0.05, 0) is 31.3 Å². The number of hydrogen-bond acceptors (Lipinski definition) is 5. The second-order valence-corrected chi connectivity index (χ2v) is 7.04. The van der Waals surface area contributed by atoms with E-state index in [0.717, 1.165) is 30.2 Å². The van der Waals surface area contributed by atoms with Crippen LogP contribution in [0.1, 0.15) is 21.9 Å². The van der Waals surface area contributed by atoms with Crippen molar-refractivity contribution in [3.05, 3.63) is 64.5 Å². The fourth-order valence-corrected chi connectivity index (χ4v) is 3.60. The normalized spacial score (nSPS) is 15.2. The van der Waals surface area contributed by atoms with Crippen molar-refractivity contribution in [3.8, 4) is 5.69 Å². The van der Waals surface area contributed by atoms with E-state index in [9.17, 15) is 4.79 Å². The summed E-state index contributed by atoms with van der Waals surface area (Å²) in [6.45, 7) is 5.55. The summed E-state index contributed by atoms with van der Waals surface area (Å²) in [5, 5.41) is 3.92. The quantitative estimate of drug-likeness (QED) is 0.702. The van der Waals surface area contributed by atoms with Crippen LogP contribution in [0, 0.1) is 11.7 Å². The van der Waals surface area contributed by atoms with E-state index in [0.29, 0.717) is 30.1 Å². The third-order valence-electron chi connectivity index (χ3n) is 4.73. The molecule has 2 aromatic heterocycles.